The summed E-state index contributed by atoms with van der Waals surface area (Å²) in [6.07, 6.45) is 0.726. The number of benzene rings is 1. The van der Waals surface area contributed by atoms with E-state index < -0.39 is 5.91 Å². The van der Waals surface area contributed by atoms with Crippen molar-refractivity contribution in [3.05, 3.63) is 51.4 Å². The molecule has 1 aliphatic heterocycles. The lowest BCUT2D eigenvalue weighted by Crippen LogP contribution is -2.53. The van der Waals surface area contributed by atoms with E-state index in [-0.39, 0.29) is 16.9 Å². The van der Waals surface area contributed by atoms with Crippen LogP contribution in [-0.2, 0) is 20.0 Å². The Morgan fingerprint density at radius 3 is 2.73 bits per heavy atom. The lowest BCUT2D eigenvalue weighted by molar-refractivity contribution is -0.250. The van der Waals surface area contributed by atoms with Crippen molar-refractivity contribution in [1.29, 1.82) is 5.26 Å². The molecule has 3 aromatic rings. The van der Waals surface area contributed by atoms with Crippen molar-refractivity contribution in [3.8, 4) is 17.3 Å². The van der Waals surface area contributed by atoms with E-state index in [1.165, 1.54) is 16.3 Å². The topological polar surface area (TPSA) is 118 Å². The third kappa shape index (κ3) is 4.84. The van der Waals surface area contributed by atoms with E-state index in [0.29, 0.717) is 41.1 Å². The summed E-state index contributed by atoms with van der Waals surface area (Å²) < 4.78 is 1.48. The minimum atomic E-state index is -1.86. The summed E-state index contributed by atoms with van der Waals surface area (Å²) in [5.41, 5.74) is 4.58. The maximum atomic E-state index is 12.3. The number of hydrogen-bond acceptors (Lipinski definition) is 7. The first-order chi connectivity index (χ1) is 15.5. The number of nitrogens with one attached hydrogen (secondary N) is 1. The molecule has 0 saturated carbocycles. The molecule has 1 saturated heterocycles. The van der Waals surface area contributed by atoms with Crippen molar-refractivity contribution in [3.63, 3.8) is 0 Å². The highest BCUT2D eigenvalue weighted by Gasteiger charge is 2.35. The van der Waals surface area contributed by atoms with Crippen molar-refractivity contribution in [2.24, 2.45) is 12.5 Å². The second-order valence-corrected chi connectivity index (χ2v) is 10.9. The number of aromatic nitrogens is 3. The minimum absolute atomic E-state index is 0.0178. The number of nitriles is 1. The average Bonchev–Trinajstić information content (AvgIpc) is 3.03. The van der Waals surface area contributed by atoms with Crippen molar-refractivity contribution < 1.29 is 10.2 Å². The highest BCUT2D eigenvalue weighted by molar-refractivity contribution is 7.99. The van der Waals surface area contributed by atoms with Crippen molar-refractivity contribution in [2.45, 2.75) is 39.6 Å². The van der Waals surface area contributed by atoms with Crippen LogP contribution in [0, 0.1) is 16.7 Å². The van der Waals surface area contributed by atoms with Crippen LogP contribution in [0.1, 0.15) is 37.5 Å². The van der Waals surface area contributed by atoms with Gasteiger partial charge in [-0.15, -0.1) is 0 Å². The third-order valence-corrected chi connectivity index (χ3v) is 6.88. The van der Waals surface area contributed by atoms with Crippen molar-refractivity contribution in [2.75, 3.05) is 18.1 Å². The normalized spacial score (nSPS) is 16.8. The molecule has 0 amide bonds. The summed E-state index contributed by atoms with van der Waals surface area (Å²) in [5, 5.41) is 30.4. The lowest BCUT2D eigenvalue weighted by Gasteiger charge is -2.38. The van der Waals surface area contributed by atoms with Crippen LogP contribution in [0.4, 0.5) is 0 Å². The predicted octanol–water partition coefficient (Wildman–Crippen LogP) is 2.58. The van der Waals surface area contributed by atoms with Crippen LogP contribution in [0.3, 0.4) is 0 Å². The van der Waals surface area contributed by atoms with Gasteiger partial charge in [-0.1, -0.05) is 26.8 Å². The fraction of sp³-hybridized carbons (Fsp3) is 0.458. The van der Waals surface area contributed by atoms with Gasteiger partial charge in [-0.25, -0.2) is 14.7 Å². The number of hydrogen-bond donors (Lipinski definition) is 3. The summed E-state index contributed by atoms with van der Waals surface area (Å²) in [5.74, 6) is -0.814. The summed E-state index contributed by atoms with van der Waals surface area (Å²) in [7, 11) is 1.68. The third-order valence-electron chi connectivity index (χ3n) is 5.82. The van der Waals surface area contributed by atoms with Gasteiger partial charge >= 0.3 is 5.69 Å². The van der Waals surface area contributed by atoms with E-state index in [4.69, 9.17) is 4.98 Å². The first-order valence-electron chi connectivity index (χ1n) is 10.9. The van der Waals surface area contributed by atoms with E-state index in [9.17, 15) is 20.3 Å². The molecule has 1 fully saturated rings. The van der Waals surface area contributed by atoms with Crippen LogP contribution < -0.4 is 5.69 Å². The molecular formula is C24H29N5O3S. The van der Waals surface area contributed by atoms with Crippen molar-refractivity contribution >= 4 is 22.9 Å². The van der Waals surface area contributed by atoms with Gasteiger partial charge in [0.25, 0.3) is 0 Å². The molecule has 0 spiro atoms. The summed E-state index contributed by atoms with van der Waals surface area (Å²) in [6, 6.07) is 9.65. The first-order valence-corrected chi connectivity index (χ1v) is 12.0. The van der Waals surface area contributed by atoms with Crippen LogP contribution in [0.15, 0.2) is 29.1 Å². The number of thioether (sulfide) groups is 1. The van der Waals surface area contributed by atoms with Gasteiger partial charge in [-0.2, -0.15) is 17.0 Å². The van der Waals surface area contributed by atoms with Gasteiger partial charge in [0.05, 0.1) is 28.6 Å². The Labute approximate surface area is 196 Å². The van der Waals surface area contributed by atoms with E-state index in [1.54, 1.807) is 18.0 Å². The number of imidazole rings is 1. The van der Waals surface area contributed by atoms with Gasteiger partial charge < -0.3 is 15.2 Å². The molecule has 0 aliphatic carbocycles. The molecule has 4 rings (SSSR count). The molecular weight excluding hydrogens is 438 g/mol. The van der Waals surface area contributed by atoms with Crippen LogP contribution in [-0.4, -0.2) is 53.6 Å². The second kappa shape index (κ2) is 8.61. The molecule has 0 atom stereocenters. The molecule has 9 heteroatoms. The number of aryl methyl sites for hydroxylation is 1. The summed E-state index contributed by atoms with van der Waals surface area (Å²) >= 11 is 1.51. The second-order valence-electron chi connectivity index (χ2n) is 9.83. The minimum Gasteiger partial charge on any atom is -0.353 e. The molecule has 3 N–H and O–H groups in total. The molecule has 33 heavy (non-hydrogen) atoms. The van der Waals surface area contributed by atoms with Gasteiger partial charge in [0.2, 0.25) is 5.91 Å². The number of aromatic amines is 1. The number of pyridine rings is 1. The molecule has 174 valence electrons. The van der Waals surface area contributed by atoms with Crippen LogP contribution in [0.2, 0.25) is 0 Å². The zero-order valence-corrected chi connectivity index (χ0v) is 20.2. The first kappa shape index (κ1) is 23.5. The maximum Gasteiger partial charge on any atom is 0.327 e. The Balaban J connectivity index is 1.83. The largest absolute Gasteiger partial charge is 0.353 e. The predicted molar refractivity (Wildman–Crippen MR) is 130 cm³/mol. The standard InChI is InChI=1S/C24H29N5O3S/c1-23(2,3)11-17-10-19(26-21-20(17)27-22(30)28(21)4)18-9-15(5-6-16(18)12-25)13-29-7-8-33-14-24(29,31)32/h5-6,9-10,31-32H,7-8,11,13-14H2,1-4H3,(H,27,30). The van der Waals surface area contributed by atoms with Gasteiger partial charge in [0.15, 0.2) is 5.65 Å². The van der Waals surface area contributed by atoms with Crippen LogP contribution in [0.25, 0.3) is 22.4 Å². The van der Waals surface area contributed by atoms with Crippen molar-refractivity contribution in [1.82, 2.24) is 19.4 Å². The molecule has 0 bridgehead atoms. The number of H-pyrrole nitrogens is 1. The highest BCUT2D eigenvalue weighted by atomic mass is 32.2. The Morgan fingerprint density at radius 1 is 1.30 bits per heavy atom. The van der Waals surface area contributed by atoms with Gasteiger partial charge in [-0.3, -0.25) is 4.57 Å². The molecule has 0 unspecified atom stereocenters. The van der Waals surface area contributed by atoms with Gasteiger partial charge in [-0.05, 0) is 41.2 Å². The molecule has 3 heterocycles. The van der Waals surface area contributed by atoms with Gasteiger partial charge in [0.1, 0.15) is 0 Å². The molecule has 2 aromatic heterocycles. The van der Waals surface area contributed by atoms with E-state index in [0.717, 1.165) is 23.3 Å². The highest BCUT2D eigenvalue weighted by Crippen LogP contribution is 2.31. The molecule has 0 radical (unpaired) electrons. The maximum absolute atomic E-state index is 12.3. The fourth-order valence-electron chi connectivity index (χ4n) is 4.18. The molecule has 1 aliphatic rings. The Hall–Kier alpha value is -2.64. The van der Waals surface area contributed by atoms with Crippen LogP contribution >= 0.6 is 11.8 Å². The smallest absolute Gasteiger partial charge is 0.327 e. The Bertz CT molecular complexity index is 1300. The number of aliphatic hydroxyl groups is 2. The van der Waals surface area contributed by atoms with E-state index >= 15 is 0 Å². The Morgan fingerprint density at radius 2 is 2.06 bits per heavy atom. The molecule has 1 aromatic carbocycles. The summed E-state index contributed by atoms with van der Waals surface area (Å²) in [4.78, 5) is 21.6. The number of rotatable bonds is 4. The lowest BCUT2D eigenvalue weighted by atomic mass is 9.87. The summed E-state index contributed by atoms with van der Waals surface area (Å²) in [6.45, 7) is 7.29. The fourth-order valence-corrected chi connectivity index (χ4v) is 5.13. The monoisotopic (exact) mass is 467 g/mol. The quantitative estimate of drug-likeness (QED) is 0.505. The zero-order valence-electron chi connectivity index (χ0n) is 19.3. The molecule has 8 nitrogen and oxygen atoms in total. The van der Waals surface area contributed by atoms with E-state index in [2.05, 4.69) is 31.8 Å². The number of nitrogens with zero attached hydrogens (tertiary/aromatic N) is 4. The Kier molecular flexibility index (Phi) is 6.14. The van der Waals surface area contributed by atoms with Crippen LogP contribution in [0.5, 0.6) is 0 Å². The average molecular weight is 468 g/mol. The van der Waals surface area contributed by atoms with Gasteiger partial charge in [0, 0.05) is 31.5 Å². The van der Waals surface area contributed by atoms with E-state index in [1.807, 2.05) is 18.2 Å². The number of fused-ring (bicyclic) bond motifs is 1. The SMILES string of the molecule is Cn1c(=O)[nH]c2c(CC(C)(C)C)cc(-c3cc(CN4CCSCC4(O)O)ccc3C#N)nc21. The zero-order chi connectivity index (χ0) is 24.0.